The van der Waals surface area contributed by atoms with Crippen LogP contribution in [0.1, 0.15) is 25.7 Å². The van der Waals surface area contributed by atoms with Crippen molar-refractivity contribution in [1.82, 2.24) is 15.1 Å². The summed E-state index contributed by atoms with van der Waals surface area (Å²) in [6.07, 6.45) is 3.50. The molecule has 1 aliphatic carbocycles. The van der Waals surface area contributed by atoms with Gasteiger partial charge in [0.2, 0.25) is 17.7 Å². The molecule has 6 heteroatoms. The van der Waals surface area contributed by atoms with Crippen LogP contribution in [0.2, 0.25) is 0 Å². The third-order valence-electron chi connectivity index (χ3n) is 4.31. The molecule has 0 bridgehead atoms. The quantitative estimate of drug-likeness (QED) is 0.764. The van der Waals surface area contributed by atoms with Gasteiger partial charge in [-0.1, -0.05) is 0 Å². The Morgan fingerprint density at radius 3 is 2.85 bits per heavy atom. The average Bonchev–Trinajstić information content (AvgIpc) is 3.18. The fourth-order valence-electron chi connectivity index (χ4n) is 2.98. The zero-order valence-electron chi connectivity index (χ0n) is 11.6. The van der Waals surface area contributed by atoms with Crippen molar-refractivity contribution >= 4 is 17.7 Å². The Labute approximate surface area is 118 Å². The van der Waals surface area contributed by atoms with Gasteiger partial charge in [0.1, 0.15) is 0 Å². The lowest BCUT2D eigenvalue weighted by Crippen LogP contribution is -2.41. The molecule has 3 aliphatic rings. The van der Waals surface area contributed by atoms with Crippen molar-refractivity contribution in [2.24, 2.45) is 11.8 Å². The van der Waals surface area contributed by atoms with Gasteiger partial charge in [0.25, 0.3) is 0 Å². The first kappa shape index (κ1) is 13.4. The number of likely N-dealkylation sites (tertiary alicyclic amines) is 1. The lowest BCUT2D eigenvalue weighted by atomic mass is 10.1. The summed E-state index contributed by atoms with van der Waals surface area (Å²) in [4.78, 5) is 39.4. The lowest BCUT2D eigenvalue weighted by Gasteiger charge is -2.22. The molecule has 0 aromatic carbocycles. The van der Waals surface area contributed by atoms with Gasteiger partial charge in [0.15, 0.2) is 0 Å². The highest BCUT2D eigenvalue weighted by Gasteiger charge is 2.39. The summed E-state index contributed by atoms with van der Waals surface area (Å²) in [7, 11) is 0. The molecule has 1 atom stereocenters. The van der Waals surface area contributed by atoms with E-state index in [1.807, 2.05) is 4.90 Å². The number of rotatable bonds is 3. The van der Waals surface area contributed by atoms with E-state index in [2.05, 4.69) is 5.32 Å². The molecule has 2 saturated heterocycles. The Bertz CT molecular complexity index is 433. The zero-order valence-corrected chi connectivity index (χ0v) is 11.6. The molecule has 1 unspecified atom stereocenters. The maximum absolute atomic E-state index is 12.5. The summed E-state index contributed by atoms with van der Waals surface area (Å²) in [6.45, 7) is 2.70. The Morgan fingerprint density at radius 2 is 2.10 bits per heavy atom. The summed E-state index contributed by atoms with van der Waals surface area (Å²) in [5.74, 6) is 0.349. The summed E-state index contributed by atoms with van der Waals surface area (Å²) in [5.41, 5.74) is 0. The van der Waals surface area contributed by atoms with Crippen LogP contribution in [0.4, 0.5) is 0 Å². The number of nitrogens with zero attached hydrogens (tertiary/aromatic N) is 2. The van der Waals surface area contributed by atoms with Crippen LogP contribution >= 0.6 is 0 Å². The molecule has 1 N–H and O–H groups in total. The summed E-state index contributed by atoms with van der Waals surface area (Å²) in [6, 6.07) is 0. The first-order valence-corrected chi connectivity index (χ1v) is 7.47. The van der Waals surface area contributed by atoms with E-state index in [4.69, 9.17) is 0 Å². The molecule has 2 aliphatic heterocycles. The van der Waals surface area contributed by atoms with Gasteiger partial charge in [-0.05, 0) is 25.2 Å². The van der Waals surface area contributed by atoms with Gasteiger partial charge < -0.3 is 15.1 Å². The second-order valence-electron chi connectivity index (χ2n) is 6.11. The van der Waals surface area contributed by atoms with Crippen LogP contribution in [0.3, 0.4) is 0 Å². The standard InChI is InChI=1S/C14H21N3O3/c18-12-9-16(5-1-4-15-12)14(20)11-6-13(19)17(8-11)7-10-2-3-10/h10-11H,1-9H2,(H,15,18). The number of hydrogen-bond donors (Lipinski definition) is 1. The monoisotopic (exact) mass is 279 g/mol. The van der Waals surface area contributed by atoms with Gasteiger partial charge in [-0.2, -0.15) is 0 Å². The average molecular weight is 279 g/mol. The zero-order chi connectivity index (χ0) is 14.1. The predicted octanol–water partition coefficient (Wildman–Crippen LogP) is -0.407. The van der Waals surface area contributed by atoms with Crippen molar-refractivity contribution in [1.29, 1.82) is 0 Å². The first-order valence-electron chi connectivity index (χ1n) is 7.47. The van der Waals surface area contributed by atoms with Gasteiger partial charge in [0, 0.05) is 32.6 Å². The van der Waals surface area contributed by atoms with E-state index >= 15 is 0 Å². The van der Waals surface area contributed by atoms with Crippen LogP contribution in [-0.2, 0) is 14.4 Å². The van der Waals surface area contributed by atoms with E-state index in [-0.39, 0.29) is 30.2 Å². The van der Waals surface area contributed by atoms with Crippen LogP contribution in [0.25, 0.3) is 0 Å². The minimum absolute atomic E-state index is 0.0336. The van der Waals surface area contributed by atoms with E-state index < -0.39 is 0 Å². The third kappa shape index (κ3) is 2.94. The fourth-order valence-corrected chi connectivity index (χ4v) is 2.98. The minimum Gasteiger partial charge on any atom is -0.354 e. The number of amides is 3. The molecule has 110 valence electrons. The molecule has 20 heavy (non-hydrogen) atoms. The Morgan fingerprint density at radius 1 is 1.30 bits per heavy atom. The molecule has 3 fully saturated rings. The van der Waals surface area contributed by atoms with Crippen molar-refractivity contribution in [3.05, 3.63) is 0 Å². The molecule has 3 amide bonds. The number of hydrogen-bond acceptors (Lipinski definition) is 3. The summed E-state index contributed by atoms with van der Waals surface area (Å²) < 4.78 is 0. The Kier molecular flexibility index (Phi) is 3.63. The van der Waals surface area contributed by atoms with Crippen molar-refractivity contribution in [2.45, 2.75) is 25.7 Å². The Balaban J connectivity index is 1.59. The Hall–Kier alpha value is -1.59. The SMILES string of the molecule is O=C1CN(C(=O)C2CC(=O)N(CC3CC3)C2)CCCN1. The smallest absolute Gasteiger partial charge is 0.239 e. The van der Waals surface area contributed by atoms with Crippen molar-refractivity contribution in [3.63, 3.8) is 0 Å². The van der Waals surface area contributed by atoms with Crippen LogP contribution in [0.5, 0.6) is 0 Å². The molecular weight excluding hydrogens is 258 g/mol. The van der Waals surface area contributed by atoms with Crippen molar-refractivity contribution < 1.29 is 14.4 Å². The second kappa shape index (κ2) is 5.42. The van der Waals surface area contributed by atoms with Crippen LogP contribution in [-0.4, -0.2) is 60.2 Å². The van der Waals surface area contributed by atoms with Gasteiger partial charge in [0.05, 0.1) is 12.5 Å². The summed E-state index contributed by atoms with van der Waals surface area (Å²) in [5, 5.41) is 2.76. The van der Waals surface area contributed by atoms with Gasteiger partial charge in [-0.25, -0.2) is 0 Å². The molecular formula is C14H21N3O3. The predicted molar refractivity (Wildman–Crippen MR) is 71.6 cm³/mol. The third-order valence-corrected chi connectivity index (χ3v) is 4.31. The molecule has 0 aromatic rings. The highest BCUT2D eigenvalue weighted by atomic mass is 16.2. The molecule has 6 nitrogen and oxygen atoms in total. The maximum Gasteiger partial charge on any atom is 0.239 e. The minimum atomic E-state index is -0.257. The fraction of sp³-hybridized carbons (Fsp3) is 0.786. The van der Waals surface area contributed by atoms with Crippen molar-refractivity contribution in [3.8, 4) is 0 Å². The molecule has 1 saturated carbocycles. The van der Waals surface area contributed by atoms with Gasteiger partial charge in [-0.15, -0.1) is 0 Å². The second-order valence-corrected chi connectivity index (χ2v) is 6.11. The first-order chi connectivity index (χ1) is 9.63. The number of carbonyl (C=O) groups is 3. The van der Waals surface area contributed by atoms with Gasteiger partial charge >= 0.3 is 0 Å². The molecule has 3 rings (SSSR count). The highest BCUT2D eigenvalue weighted by Crippen LogP contribution is 2.32. The number of nitrogens with one attached hydrogen (secondary N) is 1. The van der Waals surface area contributed by atoms with Gasteiger partial charge in [-0.3, -0.25) is 14.4 Å². The maximum atomic E-state index is 12.5. The van der Waals surface area contributed by atoms with Crippen molar-refractivity contribution in [2.75, 3.05) is 32.7 Å². The topological polar surface area (TPSA) is 69.7 Å². The molecule has 2 heterocycles. The van der Waals surface area contributed by atoms with E-state index in [1.165, 1.54) is 12.8 Å². The molecule has 0 aromatic heterocycles. The molecule has 0 radical (unpaired) electrons. The van der Waals surface area contributed by atoms with E-state index in [0.29, 0.717) is 32.0 Å². The summed E-state index contributed by atoms with van der Waals surface area (Å²) >= 11 is 0. The largest absolute Gasteiger partial charge is 0.354 e. The molecule has 0 spiro atoms. The number of carbonyl (C=O) groups excluding carboxylic acids is 3. The lowest BCUT2D eigenvalue weighted by molar-refractivity contribution is -0.138. The van der Waals surface area contributed by atoms with E-state index in [1.54, 1.807) is 4.90 Å². The van der Waals surface area contributed by atoms with E-state index in [9.17, 15) is 14.4 Å². The normalized spacial score (nSPS) is 27.5. The van der Waals surface area contributed by atoms with Crippen LogP contribution in [0.15, 0.2) is 0 Å². The highest BCUT2D eigenvalue weighted by molar-refractivity contribution is 5.91. The van der Waals surface area contributed by atoms with Crippen LogP contribution in [0, 0.1) is 11.8 Å². The van der Waals surface area contributed by atoms with Crippen LogP contribution < -0.4 is 5.32 Å². The van der Waals surface area contributed by atoms with E-state index in [0.717, 1.165) is 13.0 Å².